The number of nitrogens with zero attached hydrogens (tertiary/aromatic N) is 4. The molecule has 2 aromatic carbocycles. The van der Waals surface area contributed by atoms with Crippen molar-refractivity contribution in [3.8, 4) is 5.75 Å². The Morgan fingerprint density at radius 2 is 1.97 bits per heavy atom. The minimum absolute atomic E-state index is 0.176. The first-order valence-electron chi connectivity index (χ1n) is 9.80. The van der Waals surface area contributed by atoms with Crippen molar-refractivity contribution in [1.29, 1.82) is 0 Å². The summed E-state index contributed by atoms with van der Waals surface area (Å²) in [5.41, 5.74) is 1.09. The highest BCUT2D eigenvalue weighted by Gasteiger charge is 2.47. The van der Waals surface area contributed by atoms with Gasteiger partial charge in [-0.05, 0) is 42.0 Å². The lowest BCUT2D eigenvalue weighted by molar-refractivity contribution is -0.180. The van der Waals surface area contributed by atoms with Crippen LogP contribution in [-0.4, -0.2) is 52.7 Å². The van der Waals surface area contributed by atoms with Gasteiger partial charge in [-0.3, -0.25) is 9.52 Å². The van der Waals surface area contributed by atoms with E-state index in [9.17, 15) is 4.79 Å². The summed E-state index contributed by atoms with van der Waals surface area (Å²) in [6.07, 6.45) is 3.72. The van der Waals surface area contributed by atoms with Gasteiger partial charge < -0.3 is 9.47 Å². The Bertz CT molecular complexity index is 1010. The van der Waals surface area contributed by atoms with Crippen LogP contribution in [0.15, 0.2) is 61.2 Å². The van der Waals surface area contributed by atoms with Crippen LogP contribution in [0.1, 0.15) is 22.3 Å². The van der Waals surface area contributed by atoms with Crippen molar-refractivity contribution < 1.29 is 19.1 Å². The zero-order chi connectivity index (χ0) is 21.8. The molecule has 0 radical (unpaired) electrons. The molecule has 3 aromatic rings. The lowest BCUT2D eigenvalue weighted by Gasteiger charge is -2.34. The smallest absolute Gasteiger partial charge is 0.337 e. The van der Waals surface area contributed by atoms with E-state index < -0.39 is 5.54 Å². The Labute approximate surface area is 185 Å². The Balaban J connectivity index is 1.49. The second-order valence-corrected chi connectivity index (χ2v) is 7.82. The topological polar surface area (TPSA) is 78.7 Å². The highest BCUT2D eigenvalue weighted by molar-refractivity contribution is 6.30. The molecule has 0 amide bonds. The third-order valence-corrected chi connectivity index (χ3v) is 5.71. The monoisotopic (exact) mass is 442 g/mol. The molecular formula is C22H23ClN4O4. The predicted molar refractivity (Wildman–Crippen MR) is 114 cm³/mol. The third-order valence-electron chi connectivity index (χ3n) is 5.46. The van der Waals surface area contributed by atoms with Crippen LogP contribution < -0.4 is 4.74 Å². The number of carbonyl (C=O) groups is 1. The van der Waals surface area contributed by atoms with Gasteiger partial charge in [0.05, 0.1) is 24.8 Å². The maximum absolute atomic E-state index is 11.6. The molecule has 0 aliphatic carbocycles. The van der Waals surface area contributed by atoms with Crippen molar-refractivity contribution >= 4 is 17.6 Å². The zero-order valence-electron chi connectivity index (χ0n) is 17.3. The van der Waals surface area contributed by atoms with E-state index in [4.69, 9.17) is 25.9 Å². The summed E-state index contributed by atoms with van der Waals surface area (Å²) >= 11 is 6.11. The van der Waals surface area contributed by atoms with Gasteiger partial charge in [0.15, 0.2) is 0 Å². The SMILES string of the molecule is COC(=O)c1ccc(OC[C@@H]2C[C@@](Cn3cncn3)(c3ccc(Cl)cc3)N(C)O2)cc1. The molecule has 8 nitrogen and oxygen atoms in total. The number of hydrogen-bond donors (Lipinski definition) is 0. The molecule has 9 heteroatoms. The van der Waals surface area contributed by atoms with Crippen molar-refractivity contribution in [2.75, 3.05) is 20.8 Å². The molecule has 31 heavy (non-hydrogen) atoms. The molecule has 0 spiro atoms. The van der Waals surface area contributed by atoms with E-state index in [-0.39, 0.29) is 12.1 Å². The Morgan fingerprint density at radius 3 is 2.61 bits per heavy atom. The number of methoxy groups -OCH3 is 1. The fraction of sp³-hybridized carbons (Fsp3) is 0.318. The summed E-state index contributed by atoms with van der Waals surface area (Å²) < 4.78 is 12.4. The maximum Gasteiger partial charge on any atom is 0.337 e. The highest BCUT2D eigenvalue weighted by Crippen LogP contribution is 2.41. The van der Waals surface area contributed by atoms with Crippen LogP contribution in [0.3, 0.4) is 0 Å². The molecule has 0 saturated carbocycles. The van der Waals surface area contributed by atoms with Crippen molar-refractivity contribution in [2.45, 2.75) is 24.6 Å². The molecule has 2 heterocycles. The number of likely N-dealkylation sites (N-methyl/N-ethyl adjacent to an activating group) is 1. The van der Waals surface area contributed by atoms with Gasteiger partial charge in [0, 0.05) is 18.5 Å². The van der Waals surface area contributed by atoms with E-state index in [1.807, 2.05) is 36.4 Å². The van der Waals surface area contributed by atoms with Crippen LogP contribution in [-0.2, 0) is 21.7 Å². The number of ether oxygens (including phenoxy) is 2. The molecule has 2 atom stereocenters. The number of aromatic nitrogens is 3. The second-order valence-electron chi connectivity index (χ2n) is 7.39. The van der Waals surface area contributed by atoms with Gasteiger partial charge in [-0.25, -0.2) is 9.78 Å². The highest BCUT2D eigenvalue weighted by atomic mass is 35.5. The Morgan fingerprint density at radius 1 is 1.23 bits per heavy atom. The van der Waals surface area contributed by atoms with Gasteiger partial charge in [0.2, 0.25) is 0 Å². The van der Waals surface area contributed by atoms with Gasteiger partial charge in [0.25, 0.3) is 0 Å². The normalized spacial score (nSPS) is 21.2. The first-order valence-corrected chi connectivity index (χ1v) is 10.2. The van der Waals surface area contributed by atoms with E-state index in [0.717, 1.165) is 5.56 Å². The largest absolute Gasteiger partial charge is 0.491 e. The molecule has 1 aromatic heterocycles. The number of benzene rings is 2. The number of carbonyl (C=O) groups excluding carboxylic acids is 1. The molecule has 0 bridgehead atoms. The van der Waals surface area contributed by atoms with Crippen molar-refractivity contribution in [2.24, 2.45) is 0 Å². The second kappa shape index (κ2) is 9.05. The molecule has 1 fully saturated rings. The molecule has 162 valence electrons. The van der Waals surface area contributed by atoms with Crippen LogP contribution in [0.25, 0.3) is 0 Å². The van der Waals surface area contributed by atoms with Crippen LogP contribution in [0.5, 0.6) is 5.75 Å². The van der Waals surface area contributed by atoms with Crippen LogP contribution in [0.2, 0.25) is 5.02 Å². The number of rotatable bonds is 7. The van der Waals surface area contributed by atoms with Crippen molar-refractivity contribution in [3.05, 3.63) is 77.3 Å². The summed E-state index contributed by atoms with van der Waals surface area (Å²) in [5, 5.41) is 6.82. The van der Waals surface area contributed by atoms with Gasteiger partial charge >= 0.3 is 5.97 Å². The summed E-state index contributed by atoms with van der Waals surface area (Å²) in [6.45, 7) is 0.921. The number of hydroxylamine groups is 2. The summed E-state index contributed by atoms with van der Waals surface area (Å²) in [7, 11) is 3.27. The number of halogens is 1. The van der Waals surface area contributed by atoms with E-state index >= 15 is 0 Å². The maximum atomic E-state index is 11.6. The van der Waals surface area contributed by atoms with E-state index in [0.29, 0.717) is 35.9 Å². The molecule has 1 saturated heterocycles. The fourth-order valence-corrected chi connectivity index (χ4v) is 3.97. The molecule has 1 aliphatic heterocycles. The quantitative estimate of drug-likeness (QED) is 0.519. The molecule has 0 unspecified atom stereocenters. The summed E-state index contributed by atoms with van der Waals surface area (Å²) in [6, 6.07) is 14.6. The standard InChI is InChI=1S/C22H23ClN4O4/c1-26-22(13-27-15-24-14-25-27,17-5-7-18(23)8-6-17)11-20(31-26)12-30-19-9-3-16(4-10-19)21(28)29-2/h3-10,14-15,20H,11-13H2,1-2H3/t20-,22+/m0/s1. The molecule has 0 N–H and O–H groups in total. The van der Waals surface area contributed by atoms with Crippen LogP contribution in [0, 0.1) is 0 Å². The lowest BCUT2D eigenvalue weighted by Crippen LogP contribution is -2.42. The van der Waals surface area contributed by atoms with Gasteiger partial charge in [-0.2, -0.15) is 10.2 Å². The molecular weight excluding hydrogens is 420 g/mol. The predicted octanol–water partition coefficient (Wildman–Crippen LogP) is 3.33. The number of hydrogen-bond acceptors (Lipinski definition) is 7. The molecule has 1 aliphatic rings. The third kappa shape index (κ3) is 4.56. The van der Waals surface area contributed by atoms with E-state index in [2.05, 4.69) is 10.1 Å². The summed E-state index contributed by atoms with van der Waals surface area (Å²) in [5.74, 6) is 0.271. The Hall–Kier alpha value is -2.94. The van der Waals surface area contributed by atoms with Gasteiger partial charge in [0.1, 0.15) is 31.1 Å². The van der Waals surface area contributed by atoms with Gasteiger partial charge in [-0.15, -0.1) is 0 Å². The minimum Gasteiger partial charge on any atom is -0.491 e. The van der Waals surface area contributed by atoms with E-state index in [1.165, 1.54) is 13.4 Å². The first-order chi connectivity index (χ1) is 15.0. The van der Waals surface area contributed by atoms with Crippen LogP contribution >= 0.6 is 11.6 Å². The lowest BCUT2D eigenvalue weighted by atomic mass is 9.85. The van der Waals surface area contributed by atoms with Crippen molar-refractivity contribution in [1.82, 2.24) is 19.8 Å². The first kappa shape index (κ1) is 21.3. The van der Waals surface area contributed by atoms with Crippen LogP contribution in [0.4, 0.5) is 0 Å². The van der Waals surface area contributed by atoms with Crippen molar-refractivity contribution in [3.63, 3.8) is 0 Å². The average molecular weight is 443 g/mol. The summed E-state index contributed by atoms with van der Waals surface area (Å²) in [4.78, 5) is 21.8. The minimum atomic E-state index is -0.457. The van der Waals surface area contributed by atoms with Gasteiger partial charge in [-0.1, -0.05) is 23.7 Å². The number of esters is 1. The average Bonchev–Trinajstić information content (AvgIpc) is 3.41. The fourth-order valence-electron chi connectivity index (χ4n) is 3.85. The van der Waals surface area contributed by atoms with E-state index in [1.54, 1.807) is 35.3 Å². The molecule has 4 rings (SSSR count). The zero-order valence-corrected chi connectivity index (χ0v) is 18.0. The Kier molecular flexibility index (Phi) is 6.22.